The van der Waals surface area contributed by atoms with Crippen LogP contribution in [-0.2, 0) is 10.2 Å². The summed E-state index contributed by atoms with van der Waals surface area (Å²) in [6.45, 7) is 0.0539. The van der Waals surface area contributed by atoms with E-state index >= 15 is 0 Å². The van der Waals surface area contributed by atoms with E-state index in [1.807, 2.05) is 0 Å². The molecule has 1 fully saturated rings. The van der Waals surface area contributed by atoms with Crippen LogP contribution < -0.4 is 9.47 Å². The molecule has 1 aromatic carbocycles. The molecule has 1 aliphatic heterocycles. The number of aliphatic carboxylic acids is 1. The Hall–Kier alpha value is -1.78. The normalized spacial score (nSPS) is 20.3. The number of fused-ring (bicyclic) bond motifs is 1. The van der Waals surface area contributed by atoms with Crippen molar-refractivity contribution in [2.45, 2.75) is 37.5 Å². The van der Waals surface area contributed by atoms with Gasteiger partial charge in [-0.15, -0.1) is 0 Å². The highest BCUT2D eigenvalue weighted by atomic mass is 19.1. The second-order valence-electron chi connectivity index (χ2n) is 5.13. The summed E-state index contributed by atoms with van der Waals surface area (Å²) in [5.41, 5.74) is -0.896. The minimum atomic E-state index is -1.12. The summed E-state index contributed by atoms with van der Waals surface area (Å²) in [6.07, 6.45) is 3.55. The van der Waals surface area contributed by atoms with Crippen molar-refractivity contribution in [3.05, 3.63) is 23.5 Å². The van der Waals surface area contributed by atoms with Gasteiger partial charge in [-0.2, -0.15) is 0 Å². The van der Waals surface area contributed by atoms with Crippen molar-refractivity contribution in [1.82, 2.24) is 0 Å². The van der Waals surface area contributed by atoms with Gasteiger partial charge in [0.15, 0.2) is 11.5 Å². The van der Waals surface area contributed by atoms with Gasteiger partial charge in [-0.25, -0.2) is 4.39 Å². The van der Waals surface area contributed by atoms with Crippen LogP contribution in [0.2, 0.25) is 0 Å². The molecule has 4 nitrogen and oxygen atoms in total. The average molecular weight is 266 g/mol. The quantitative estimate of drug-likeness (QED) is 0.894. The molecule has 1 aliphatic carbocycles. The van der Waals surface area contributed by atoms with E-state index in [0.717, 1.165) is 19.3 Å². The average Bonchev–Trinajstić information content (AvgIpc) is 2.85. The maximum absolute atomic E-state index is 14.2. The van der Waals surface area contributed by atoms with E-state index in [-0.39, 0.29) is 12.4 Å². The lowest BCUT2D eigenvalue weighted by Crippen LogP contribution is -2.38. The largest absolute Gasteiger partial charge is 0.481 e. The smallest absolute Gasteiger partial charge is 0.314 e. The predicted octanol–water partition coefficient (Wildman–Crippen LogP) is 2.84. The first kappa shape index (κ1) is 12.3. The molecule has 3 rings (SSSR count). The zero-order valence-electron chi connectivity index (χ0n) is 10.4. The van der Waals surface area contributed by atoms with Crippen molar-refractivity contribution in [3.63, 3.8) is 0 Å². The number of carboxylic acids is 1. The molecule has 0 spiro atoms. The van der Waals surface area contributed by atoms with Crippen LogP contribution in [-0.4, -0.2) is 17.9 Å². The third-order valence-electron chi connectivity index (χ3n) is 4.09. The standard InChI is InChI=1S/C14H15FO4/c15-10-7-12-11(18-8-19-12)6-9(10)14(13(16)17)4-2-1-3-5-14/h6-7H,1-5,8H2,(H,16,17). The summed E-state index contributed by atoms with van der Waals surface area (Å²) < 4.78 is 24.6. The second kappa shape index (κ2) is 4.40. The van der Waals surface area contributed by atoms with Crippen LogP contribution in [0.1, 0.15) is 37.7 Å². The molecule has 1 heterocycles. The van der Waals surface area contributed by atoms with Crippen LogP contribution in [0.5, 0.6) is 11.5 Å². The summed E-state index contributed by atoms with van der Waals surface area (Å²) in [7, 11) is 0. The van der Waals surface area contributed by atoms with Crippen molar-refractivity contribution < 1.29 is 23.8 Å². The molecule has 19 heavy (non-hydrogen) atoms. The molecule has 5 heteroatoms. The molecule has 0 bridgehead atoms. The molecule has 1 saturated carbocycles. The first-order chi connectivity index (χ1) is 9.13. The third-order valence-corrected chi connectivity index (χ3v) is 4.09. The lowest BCUT2D eigenvalue weighted by molar-refractivity contribution is -0.145. The molecular formula is C14H15FO4. The first-order valence-electron chi connectivity index (χ1n) is 6.46. The molecule has 0 unspecified atom stereocenters. The lowest BCUT2D eigenvalue weighted by Gasteiger charge is -2.33. The van der Waals surface area contributed by atoms with Gasteiger partial charge in [0.2, 0.25) is 6.79 Å². The second-order valence-corrected chi connectivity index (χ2v) is 5.13. The van der Waals surface area contributed by atoms with E-state index in [2.05, 4.69) is 0 Å². The predicted molar refractivity (Wildman–Crippen MR) is 64.9 cm³/mol. The van der Waals surface area contributed by atoms with Crippen LogP contribution in [0.4, 0.5) is 4.39 Å². The van der Waals surface area contributed by atoms with Gasteiger partial charge in [0.25, 0.3) is 0 Å². The molecule has 0 atom stereocenters. The van der Waals surface area contributed by atoms with Gasteiger partial charge in [-0.1, -0.05) is 19.3 Å². The van der Waals surface area contributed by atoms with Crippen LogP contribution in [0, 0.1) is 5.82 Å². The van der Waals surface area contributed by atoms with Gasteiger partial charge in [0.05, 0.1) is 5.41 Å². The lowest BCUT2D eigenvalue weighted by atomic mass is 9.69. The van der Waals surface area contributed by atoms with E-state index in [9.17, 15) is 14.3 Å². The Balaban J connectivity index is 2.10. The molecule has 1 N–H and O–H groups in total. The van der Waals surface area contributed by atoms with E-state index in [1.54, 1.807) is 0 Å². The van der Waals surface area contributed by atoms with Crippen LogP contribution >= 0.6 is 0 Å². The van der Waals surface area contributed by atoms with Crippen molar-refractivity contribution in [3.8, 4) is 11.5 Å². The van der Waals surface area contributed by atoms with Gasteiger partial charge in [0.1, 0.15) is 5.82 Å². The topological polar surface area (TPSA) is 55.8 Å². The number of ether oxygens (including phenoxy) is 2. The number of halogens is 1. The van der Waals surface area contributed by atoms with Crippen molar-refractivity contribution in [1.29, 1.82) is 0 Å². The van der Waals surface area contributed by atoms with Gasteiger partial charge in [0, 0.05) is 11.6 Å². The Morgan fingerprint density at radius 3 is 2.42 bits per heavy atom. The van der Waals surface area contributed by atoms with Crippen molar-refractivity contribution in [2.75, 3.05) is 6.79 Å². The van der Waals surface area contributed by atoms with E-state index < -0.39 is 17.2 Å². The highest BCUT2D eigenvalue weighted by molar-refractivity contribution is 5.82. The van der Waals surface area contributed by atoms with Crippen LogP contribution in [0.25, 0.3) is 0 Å². The Kier molecular flexibility index (Phi) is 2.84. The molecule has 0 saturated heterocycles. The van der Waals surface area contributed by atoms with Crippen LogP contribution in [0.15, 0.2) is 12.1 Å². The van der Waals surface area contributed by atoms with Gasteiger partial charge in [-0.3, -0.25) is 4.79 Å². The Morgan fingerprint density at radius 1 is 1.16 bits per heavy atom. The number of hydrogen-bond donors (Lipinski definition) is 1. The summed E-state index contributed by atoms with van der Waals surface area (Å²) in [4.78, 5) is 11.7. The molecule has 102 valence electrons. The maximum Gasteiger partial charge on any atom is 0.314 e. The molecule has 0 radical (unpaired) electrons. The number of carboxylic acid groups (broad SMARTS) is 1. The highest BCUT2D eigenvalue weighted by Crippen LogP contribution is 2.45. The fourth-order valence-electron chi connectivity index (χ4n) is 3.04. The molecular weight excluding hydrogens is 251 g/mol. The first-order valence-corrected chi connectivity index (χ1v) is 6.46. The Bertz CT molecular complexity index is 520. The molecule has 0 amide bonds. The van der Waals surface area contributed by atoms with Gasteiger partial charge >= 0.3 is 5.97 Å². The third kappa shape index (κ3) is 1.84. The number of rotatable bonds is 2. The number of hydrogen-bond acceptors (Lipinski definition) is 3. The zero-order valence-corrected chi connectivity index (χ0v) is 10.4. The number of benzene rings is 1. The summed E-state index contributed by atoms with van der Waals surface area (Å²) in [5.74, 6) is -0.696. The molecule has 1 aromatic rings. The molecule has 2 aliphatic rings. The maximum atomic E-state index is 14.2. The summed E-state index contributed by atoms with van der Waals surface area (Å²) in [5, 5.41) is 9.58. The minimum Gasteiger partial charge on any atom is -0.481 e. The summed E-state index contributed by atoms with van der Waals surface area (Å²) in [6, 6.07) is 2.73. The fourth-order valence-corrected chi connectivity index (χ4v) is 3.04. The van der Waals surface area contributed by atoms with Crippen molar-refractivity contribution >= 4 is 5.97 Å². The molecule has 0 aromatic heterocycles. The minimum absolute atomic E-state index is 0.0539. The number of carbonyl (C=O) groups is 1. The monoisotopic (exact) mass is 266 g/mol. The van der Waals surface area contributed by atoms with E-state index in [4.69, 9.17) is 9.47 Å². The summed E-state index contributed by atoms with van der Waals surface area (Å²) >= 11 is 0. The SMILES string of the molecule is O=C(O)C1(c2cc3c(cc2F)OCO3)CCCCC1. The zero-order chi connectivity index (χ0) is 13.5. The van der Waals surface area contributed by atoms with E-state index in [0.29, 0.717) is 24.3 Å². The van der Waals surface area contributed by atoms with Gasteiger partial charge < -0.3 is 14.6 Å². The van der Waals surface area contributed by atoms with Crippen LogP contribution in [0.3, 0.4) is 0 Å². The highest BCUT2D eigenvalue weighted by Gasteiger charge is 2.44. The Labute approximate surface area is 110 Å². The Morgan fingerprint density at radius 2 is 1.79 bits per heavy atom. The fraction of sp³-hybridized carbons (Fsp3) is 0.500. The van der Waals surface area contributed by atoms with Gasteiger partial charge in [-0.05, 0) is 18.9 Å². The van der Waals surface area contributed by atoms with Crippen molar-refractivity contribution in [2.24, 2.45) is 0 Å². The van der Waals surface area contributed by atoms with E-state index in [1.165, 1.54) is 12.1 Å².